The van der Waals surface area contributed by atoms with Crippen molar-refractivity contribution in [2.24, 2.45) is 5.92 Å². The number of alkyl halides is 3. The molecule has 2 aromatic rings. The molecule has 1 aliphatic carbocycles. The van der Waals surface area contributed by atoms with Crippen LogP contribution in [-0.4, -0.2) is 67.1 Å². The monoisotopic (exact) mass is 623 g/mol. The molecule has 0 spiro atoms. The van der Waals surface area contributed by atoms with Crippen LogP contribution in [-0.2, 0) is 22.1 Å². The number of benzene rings is 1. The number of hydrogen-bond donors (Lipinski definition) is 2. The van der Waals surface area contributed by atoms with Crippen LogP contribution in [0.25, 0.3) is 0 Å². The van der Waals surface area contributed by atoms with Crippen LogP contribution in [0.1, 0.15) is 47.7 Å². The first-order valence-corrected chi connectivity index (χ1v) is 15.0. The normalized spacial score (nSPS) is 24.2. The van der Waals surface area contributed by atoms with Crippen LogP contribution in [0.15, 0.2) is 66.3 Å². The van der Waals surface area contributed by atoms with E-state index in [2.05, 4.69) is 27.1 Å². The molecule has 2 amide bonds. The number of carbonyl (C=O) groups excluding carboxylic acids is 2. The van der Waals surface area contributed by atoms with Crippen molar-refractivity contribution in [2.45, 2.75) is 57.0 Å². The zero-order valence-corrected chi connectivity index (χ0v) is 25.4. The van der Waals surface area contributed by atoms with Gasteiger partial charge in [0.1, 0.15) is 29.2 Å². The number of aromatic nitrogens is 1. The third-order valence-corrected chi connectivity index (χ3v) is 8.95. The molecule has 0 radical (unpaired) electrons. The van der Waals surface area contributed by atoms with Crippen molar-refractivity contribution in [3.63, 3.8) is 0 Å². The van der Waals surface area contributed by atoms with E-state index >= 15 is 0 Å². The Balaban J connectivity index is 1.07. The van der Waals surface area contributed by atoms with Crippen LogP contribution in [0, 0.1) is 5.92 Å². The lowest BCUT2D eigenvalue weighted by atomic mass is 10.0. The molecule has 4 heterocycles. The van der Waals surface area contributed by atoms with Gasteiger partial charge in [-0.2, -0.15) is 13.2 Å². The van der Waals surface area contributed by atoms with Gasteiger partial charge in [0.2, 0.25) is 5.91 Å². The summed E-state index contributed by atoms with van der Waals surface area (Å²) in [7, 11) is 3.96. The first-order chi connectivity index (χ1) is 21.4. The second-order valence-electron chi connectivity index (χ2n) is 12.1. The highest BCUT2D eigenvalue weighted by atomic mass is 19.4. The van der Waals surface area contributed by atoms with E-state index in [0.29, 0.717) is 60.6 Å². The predicted octanol–water partition coefficient (Wildman–Crippen LogP) is 5.07. The number of hydrogen-bond acceptors (Lipinski definition) is 7. The van der Waals surface area contributed by atoms with Gasteiger partial charge in [0.25, 0.3) is 5.91 Å². The fourth-order valence-electron chi connectivity index (χ4n) is 6.34. The first kappa shape index (κ1) is 30.7. The molecule has 238 valence electrons. The second-order valence-corrected chi connectivity index (χ2v) is 12.1. The van der Waals surface area contributed by atoms with Crippen molar-refractivity contribution < 1.29 is 32.2 Å². The molecule has 1 aromatic carbocycles. The highest BCUT2D eigenvalue weighted by molar-refractivity contribution is 5.96. The van der Waals surface area contributed by atoms with Gasteiger partial charge in [-0.1, -0.05) is 6.58 Å². The molecular formula is C33H36F3N5O4. The number of nitrogens with one attached hydrogen (secondary N) is 2. The van der Waals surface area contributed by atoms with Gasteiger partial charge < -0.3 is 29.9 Å². The molecule has 2 saturated heterocycles. The minimum atomic E-state index is -4.60. The molecule has 1 aromatic heterocycles. The van der Waals surface area contributed by atoms with Crippen LogP contribution in [0.3, 0.4) is 0 Å². The van der Waals surface area contributed by atoms with Crippen molar-refractivity contribution in [1.82, 2.24) is 15.2 Å². The molecule has 0 bridgehead atoms. The van der Waals surface area contributed by atoms with Crippen LogP contribution in [0.2, 0.25) is 0 Å². The number of piperidine rings is 1. The number of amides is 2. The van der Waals surface area contributed by atoms with Gasteiger partial charge in [0, 0.05) is 54.5 Å². The van der Waals surface area contributed by atoms with Gasteiger partial charge >= 0.3 is 6.18 Å². The molecule has 3 atom stereocenters. The highest BCUT2D eigenvalue weighted by Gasteiger charge is 2.60. The Morgan fingerprint density at radius 1 is 1.22 bits per heavy atom. The molecule has 2 N–H and O–H groups in total. The largest absolute Gasteiger partial charge is 0.487 e. The lowest BCUT2D eigenvalue weighted by molar-refractivity contribution is -0.137. The van der Waals surface area contributed by atoms with Gasteiger partial charge in [0.05, 0.1) is 11.6 Å². The van der Waals surface area contributed by atoms with Crippen LogP contribution >= 0.6 is 0 Å². The summed E-state index contributed by atoms with van der Waals surface area (Å²) < 4.78 is 54.3. The van der Waals surface area contributed by atoms with Gasteiger partial charge in [-0.3, -0.25) is 9.59 Å². The number of fused-ring (bicyclic) bond motifs is 2. The number of halogens is 3. The molecule has 12 heteroatoms. The molecule has 3 aliphatic heterocycles. The van der Waals surface area contributed by atoms with E-state index in [4.69, 9.17) is 9.47 Å². The van der Waals surface area contributed by atoms with Crippen molar-refractivity contribution in [1.29, 1.82) is 0 Å². The number of nitrogens with zero attached hydrogens (tertiary/aromatic N) is 3. The van der Waals surface area contributed by atoms with Crippen molar-refractivity contribution in [2.75, 3.05) is 37.4 Å². The molecule has 1 saturated carbocycles. The number of carbonyl (C=O) groups is 2. The molecule has 3 fully saturated rings. The second kappa shape index (κ2) is 11.9. The maximum atomic E-state index is 14.1. The molecule has 0 unspecified atom stereocenters. The SMILES string of the molecule is C=C1/C(=C\C=C(/C)Oc2ccnc3c2CCC(=O)N3)O[C@@H]2[C@@H](NC(=O)c3ccc(N4CCC(N(C)C)CC4)c(C(F)(F)F)c3)[C@H]12. The maximum absolute atomic E-state index is 14.1. The van der Waals surface area contributed by atoms with E-state index < -0.39 is 17.6 Å². The fraction of sp³-hybridized carbons (Fsp3) is 0.424. The summed E-state index contributed by atoms with van der Waals surface area (Å²) in [5.74, 6) is 1.43. The fourth-order valence-corrected chi connectivity index (χ4v) is 6.34. The topological polar surface area (TPSA) is 96.0 Å². The lowest BCUT2D eigenvalue weighted by Gasteiger charge is -2.37. The lowest BCUT2D eigenvalue weighted by Crippen LogP contribution is -2.42. The molecule has 4 aliphatic rings. The summed E-state index contributed by atoms with van der Waals surface area (Å²) in [6, 6.07) is 5.52. The Morgan fingerprint density at radius 2 is 1.98 bits per heavy atom. The minimum Gasteiger partial charge on any atom is -0.487 e. The first-order valence-electron chi connectivity index (χ1n) is 15.0. The molecular weight excluding hydrogens is 587 g/mol. The van der Waals surface area contributed by atoms with E-state index in [9.17, 15) is 22.8 Å². The third-order valence-electron chi connectivity index (χ3n) is 8.95. The van der Waals surface area contributed by atoms with E-state index in [1.165, 1.54) is 12.1 Å². The zero-order chi connectivity index (χ0) is 32.0. The number of ether oxygens (including phenoxy) is 2. The summed E-state index contributed by atoms with van der Waals surface area (Å²) in [6.07, 6.45) is 2.57. The third kappa shape index (κ3) is 6.28. The summed E-state index contributed by atoms with van der Waals surface area (Å²) in [5.41, 5.74) is 0.788. The van der Waals surface area contributed by atoms with Crippen LogP contribution in [0.5, 0.6) is 5.75 Å². The Morgan fingerprint density at radius 3 is 2.64 bits per heavy atom. The van der Waals surface area contributed by atoms with E-state index in [1.807, 2.05) is 14.1 Å². The standard InChI is InChI=1S/C33H36F3N5O4/c1-18(44-26-11-14-37-31-22(26)7-10-27(42)38-31)5-9-25-19(2)28-29(30(28)45-25)39-32(43)20-6-8-24(23(17-20)33(34,35)36)41-15-12-21(13-16-41)40(3)4/h5-6,8-9,11,14,17,21,28-30H,2,7,10,12-13,15-16H2,1,3-4H3,(H,39,43)(H,37,38,42)/b18-5+,25-9+/t28-,29-,30-/m0/s1. The molecule has 9 nitrogen and oxygen atoms in total. The highest BCUT2D eigenvalue weighted by Crippen LogP contribution is 2.51. The summed E-state index contributed by atoms with van der Waals surface area (Å²) in [4.78, 5) is 32.8. The minimum absolute atomic E-state index is 0.0471. The maximum Gasteiger partial charge on any atom is 0.418 e. The van der Waals surface area contributed by atoms with Gasteiger partial charge in [-0.25, -0.2) is 4.98 Å². The Kier molecular flexibility index (Phi) is 8.11. The smallest absolute Gasteiger partial charge is 0.418 e. The van der Waals surface area contributed by atoms with Gasteiger partial charge in [0.15, 0.2) is 0 Å². The zero-order valence-electron chi connectivity index (χ0n) is 25.4. The van der Waals surface area contributed by atoms with Crippen molar-refractivity contribution >= 4 is 23.3 Å². The molecule has 6 rings (SSSR count). The Bertz CT molecular complexity index is 1590. The summed E-state index contributed by atoms with van der Waals surface area (Å²) >= 11 is 0. The van der Waals surface area contributed by atoms with E-state index in [1.54, 1.807) is 36.2 Å². The Labute approximate surface area is 259 Å². The van der Waals surface area contributed by atoms with Gasteiger partial charge in [-0.15, -0.1) is 0 Å². The Hall–Kier alpha value is -4.32. The van der Waals surface area contributed by atoms with Crippen LogP contribution < -0.4 is 20.3 Å². The predicted molar refractivity (Wildman–Crippen MR) is 163 cm³/mol. The summed E-state index contributed by atoms with van der Waals surface area (Å²) in [5, 5.41) is 5.58. The van der Waals surface area contributed by atoms with Gasteiger partial charge in [-0.05, 0) is 82.3 Å². The number of allylic oxidation sites excluding steroid dienone is 4. The van der Waals surface area contributed by atoms with Crippen LogP contribution in [0.4, 0.5) is 24.7 Å². The average molecular weight is 624 g/mol. The number of rotatable bonds is 7. The van der Waals surface area contributed by atoms with E-state index in [0.717, 1.165) is 24.5 Å². The molecule has 45 heavy (non-hydrogen) atoms. The van der Waals surface area contributed by atoms with Crippen molar-refractivity contribution in [3.8, 4) is 5.75 Å². The van der Waals surface area contributed by atoms with Crippen molar-refractivity contribution in [3.05, 3.63) is 83.0 Å². The average Bonchev–Trinajstić information content (AvgIpc) is 3.57. The van der Waals surface area contributed by atoms with E-state index in [-0.39, 0.29) is 35.2 Å². The quantitative estimate of drug-likeness (QED) is 0.416. The number of pyridine rings is 1. The number of anilines is 2. The summed E-state index contributed by atoms with van der Waals surface area (Å²) in [6.45, 7) is 6.95.